The van der Waals surface area contributed by atoms with Crippen LogP contribution in [0.15, 0.2) is 42.7 Å². The Morgan fingerprint density at radius 1 is 1.21 bits per heavy atom. The van der Waals surface area contributed by atoms with E-state index in [4.69, 9.17) is 9.47 Å². The van der Waals surface area contributed by atoms with Crippen molar-refractivity contribution in [1.82, 2.24) is 14.9 Å². The van der Waals surface area contributed by atoms with E-state index in [1.54, 1.807) is 19.5 Å². The molecule has 2 aliphatic rings. The molecule has 0 radical (unpaired) electrons. The number of morpholine rings is 1. The van der Waals surface area contributed by atoms with Gasteiger partial charge in [-0.15, -0.1) is 0 Å². The first-order chi connectivity index (χ1) is 11.8. The predicted octanol–water partition coefficient (Wildman–Crippen LogP) is 1.57. The van der Waals surface area contributed by atoms with Gasteiger partial charge in [-0.1, -0.05) is 30.3 Å². The first-order valence-corrected chi connectivity index (χ1v) is 8.34. The lowest BCUT2D eigenvalue weighted by atomic mass is 10.1. The predicted molar refractivity (Wildman–Crippen MR) is 91.2 cm³/mol. The minimum atomic E-state index is 0.218. The Hall–Kier alpha value is -2.18. The van der Waals surface area contributed by atoms with E-state index in [1.807, 2.05) is 0 Å². The van der Waals surface area contributed by atoms with E-state index in [0.29, 0.717) is 11.9 Å². The third kappa shape index (κ3) is 3.07. The molecule has 6 nitrogen and oxygen atoms in total. The lowest BCUT2D eigenvalue weighted by molar-refractivity contribution is -0.0499. The van der Waals surface area contributed by atoms with E-state index in [-0.39, 0.29) is 6.10 Å². The summed E-state index contributed by atoms with van der Waals surface area (Å²) in [5, 5.41) is 0. The smallest absolute Gasteiger partial charge is 0.233 e. The molecule has 2 saturated heterocycles. The molecule has 0 N–H and O–H groups in total. The van der Waals surface area contributed by atoms with Crippen LogP contribution in [0.4, 0.5) is 5.82 Å². The number of anilines is 1. The molecular weight excluding hydrogens is 304 g/mol. The Kier molecular flexibility index (Phi) is 4.32. The zero-order valence-corrected chi connectivity index (χ0v) is 13.8. The maximum absolute atomic E-state index is 6.02. The van der Waals surface area contributed by atoms with Crippen LogP contribution in [0.5, 0.6) is 5.88 Å². The topological polar surface area (TPSA) is 50.7 Å². The second kappa shape index (κ2) is 6.75. The van der Waals surface area contributed by atoms with Crippen molar-refractivity contribution in [3.8, 4) is 5.88 Å². The first-order valence-electron chi connectivity index (χ1n) is 8.34. The average Bonchev–Trinajstić information content (AvgIpc) is 3.08. The Morgan fingerprint density at radius 3 is 2.92 bits per heavy atom. The van der Waals surface area contributed by atoms with Crippen molar-refractivity contribution in [3.05, 3.63) is 48.3 Å². The van der Waals surface area contributed by atoms with Gasteiger partial charge in [-0.25, -0.2) is 0 Å². The standard InChI is InChI=1S/C18H22N4O2/c1-23-18-10-19-9-17(20-18)22-12-15-16(13-22)24-8-7-21(15)11-14-5-3-2-4-6-14/h2-6,9-10,15-16H,7-8,11-13H2,1H3/t15-,16-/m0/s1. The minimum Gasteiger partial charge on any atom is -0.480 e. The summed E-state index contributed by atoms with van der Waals surface area (Å²) in [7, 11) is 1.61. The van der Waals surface area contributed by atoms with E-state index in [2.05, 4.69) is 50.1 Å². The van der Waals surface area contributed by atoms with Gasteiger partial charge in [0.1, 0.15) is 0 Å². The van der Waals surface area contributed by atoms with E-state index >= 15 is 0 Å². The van der Waals surface area contributed by atoms with Gasteiger partial charge >= 0.3 is 0 Å². The molecule has 24 heavy (non-hydrogen) atoms. The monoisotopic (exact) mass is 326 g/mol. The van der Waals surface area contributed by atoms with E-state index < -0.39 is 0 Å². The minimum absolute atomic E-state index is 0.218. The molecule has 1 aromatic heterocycles. The highest BCUT2D eigenvalue weighted by Gasteiger charge is 2.40. The molecular formula is C18H22N4O2. The molecule has 0 spiro atoms. The lowest BCUT2D eigenvalue weighted by Gasteiger charge is -2.36. The fourth-order valence-corrected chi connectivity index (χ4v) is 3.55. The molecule has 2 aliphatic heterocycles. The van der Waals surface area contributed by atoms with Crippen LogP contribution in [0.3, 0.4) is 0 Å². The molecule has 0 unspecified atom stereocenters. The highest BCUT2D eigenvalue weighted by molar-refractivity contribution is 5.40. The van der Waals surface area contributed by atoms with E-state index in [9.17, 15) is 0 Å². The van der Waals surface area contributed by atoms with Crippen molar-refractivity contribution < 1.29 is 9.47 Å². The summed E-state index contributed by atoms with van der Waals surface area (Å²) in [6.45, 7) is 4.46. The fourth-order valence-electron chi connectivity index (χ4n) is 3.55. The highest BCUT2D eigenvalue weighted by atomic mass is 16.5. The van der Waals surface area contributed by atoms with Crippen LogP contribution < -0.4 is 9.64 Å². The maximum Gasteiger partial charge on any atom is 0.233 e. The molecule has 0 bridgehead atoms. The summed E-state index contributed by atoms with van der Waals surface area (Å²) in [5.41, 5.74) is 1.35. The van der Waals surface area contributed by atoms with Gasteiger partial charge in [-0.05, 0) is 5.56 Å². The number of nitrogens with zero attached hydrogens (tertiary/aromatic N) is 4. The van der Waals surface area contributed by atoms with Gasteiger partial charge in [0.2, 0.25) is 5.88 Å². The molecule has 2 aromatic rings. The maximum atomic E-state index is 6.02. The average molecular weight is 326 g/mol. The molecule has 0 aliphatic carbocycles. The van der Waals surface area contributed by atoms with Gasteiger partial charge in [-0.3, -0.25) is 9.88 Å². The van der Waals surface area contributed by atoms with Gasteiger partial charge < -0.3 is 14.4 Å². The molecule has 4 rings (SSSR count). The van der Waals surface area contributed by atoms with Crippen molar-refractivity contribution >= 4 is 5.82 Å². The Morgan fingerprint density at radius 2 is 2.08 bits per heavy atom. The SMILES string of the molecule is COc1cncc(N2C[C@@H]3OCCN(Cc4ccccc4)[C@H]3C2)n1. The molecule has 126 valence electrons. The van der Waals surface area contributed by atoms with Gasteiger partial charge in [0.05, 0.1) is 38.3 Å². The molecule has 6 heteroatoms. The number of benzene rings is 1. The van der Waals surface area contributed by atoms with E-state index in [0.717, 1.165) is 38.6 Å². The van der Waals surface area contributed by atoms with Crippen LogP contribution in [-0.4, -0.2) is 60.4 Å². The van der Waals surface area contributed by atoms with Gasteiger partial charge in [0.25, 0.3) is 0 Å². The Labute approximate surface area is 142 Å². The van der Waals surface area contributed by atoms with Gasteiger partial charge in [0.15, 0.2) is 5.82 Å². The third-order valence-electron chi connectivity index (χ3n) is 4.78. The summed E-state index contributed by atoms with van der Waals surface area (Å²) in [6, 6.07) is 11.0. The third-order valence-corrected chi connectivity index (χ3v) is 4.78. The second-order valence-corrected chi connectivity index (χ2v) is 6.26. The van der Waals surface area contributed by atoms with Gasteiger partial charge in [0, 0.05) is 26.2 Å². The summed E-state index contributed by atoms with van der Waals surface area (Å²) < 4.78 is 11.2. The second-order valence-electron chi connectivity index (χ2n) is 6.26. The number of methoxy groups -OCH3 is 1. The highest BCUT2D eigenvalue weighted by Crippen LogP contribution is 2.27. The zero-order valence-electron chi connectivity index (χ0n) is 13.8. The van der Waals surface area contributed by atoms with E-state index in [1.165, 1.54) is 5.56 Å². The summed E-state index contributed by atoms with van der Waals surface area (Å²) in [4.78, 5) is 13.5. The molecule has 0 amide bonds. The van der Waals surface area contributed by atoms with Crippen LogP contribution in [-0.2, 0) is 11.3 Å². The van der Waals surface area contributed by atoms with Crippen LogP contribution in [0.25, 0.3) is 0 Å². The largest absolute Gasteiger partial charge is 0.480 e. The van der Waals surface area contributed by atoms with Gasteiger partial charge in [-0.2, -0.15) is 4.98 Å². The fraction of sp³-hybridized carbons (Fsp3) is 0.444. The number of aromatic nitrogens is 2. The Bertz CT molecular complexity index is 682. The molecule has 3 heterocycles. The summed E-state index contributed by atoms with van der Waals surface area (Å²) in [6.07, 6.45) is 3.64. The van der Waals surface area contributed by atoms with Crippen LogP contribution in [0.2, 0.25) is 0 Å². The van der Waals surface area contributed by atoms with Crippen molar-refractivity contribution in [1.29, 1.82) is 0 Å². The molecule has 0 saturated carbocycles. The van der Waals surface area contributed by atoms with Crippen molar-refractivity contribution in [2.45, 2.75) is 18.7 Å². The number of hydrogen-bond donors (Lipinski definition) is 0. The lowest BCUT2D eigenvalue weighted by Crippen LogP contribution is -2.50. The van der Waals surface area contributed by atoms with Crippen molar-refractivity contribution in [2.24, 2.45) is 0 Å². The zero-order chi connectivity index (χ0) is 16.4. The van der Waals surface area contributed by atoms with Crippen LogP contribution in [0, 0.1) is 0 Å². The van der Waals surface area contributed by atoms with Crippen molar-refractivity contribution in [2.75, 3.05) is 38.3 Å². The van der Waals surface area contributed by atoms with Crippen LogP contribution in [0.1, 0.15) is 5.56 Å². The Balaban J connectivity index is 1.49. The molecule has 2 fully saturated rings. The first kappa shape index (κ1) is 15.4. The quantitative estimate of drug-likeness (QED) is 0.850. The number of ether oxygens (including phenoxy) is 2. The molecule has 2 atom stereocenters. The van der Waals surface area contributed by atoms with Crippen molar-refractivity contribution in [3.63, 3.8) is 0 Å². The molecule has 1 aromatic carbocycles. The summed E-state index contributed by atoms with van der Waals surface area (Å²) in [5.74, 6) is 1.40. The number of rotatable bonds is 4. The number of hydrogen-bond acceptors (Lipinski definition) is 6. The normalized spacial score (nSPS) is 24.0. The van der Waals surface area contributed by atoms with Crippen LogP contribution >= 0.6 is 0 Å². The number of fused-ring (bicyclic) bond motifs is 1. The summed E-state index contributed by atoms with van der Waals surface area (Å²) >= 11 is 0.